The van der Waals surface area contributed by atoms with Crippen LogP contribution in [0.4, 0.5) is 0 Å². The number of nitrogens with one attached hydrogen (secondary N) is 2. The minimum absolute atomic E-state index is 0.719. The largest absolute Gasteiger partial charge is 0.357 e. The zero-order valence-electron chi connectivity index (χ0n) is 15.1. The van der Waals surface area contributed by atoms with Crippen molar-refractivity contribution in [2.24, 2.45) is 4.99 Å². The monoisotopic (exact) mass is 367 g/mol. The molecular formula is C20H25N5S. The molecule has 3 rings (SSSR count). The molecule has 0 radical (unpaired) electrons. The first-order valence-corrected chi connectivity index (χ1v) is 9.86. The zero-order chi connectivity index (χ0) is 18.0. The van der Waals surface area contributed by atoms with Crippen LogP contribution in [0.5, 0.6) is 0 Å². The molecule has 0 aliphatic heterocycles. The number of rotatable bonds is 8. The van der Waals surface area contributed by atoms with E-state index in [9.17, 15) is 0 Å². The van der Waals surface area contributed by atoms with Crippen LogP contribution in [0.3, 0.4) is 0 Å². The highest BCUT2D eigenvalue weighted by molar-refractivity contribution is 7.13. The lowest BCUT2D eigenvalue weighted by atomic mass is 10.2. The summed E-state index contributed by atoms with van der Waals surface area (Å²) in [5, 5.41) is 9.87. The topological polar surface area (TPSA) is 54.2 Å². The summed E-state index contributed by atoms with van der Waals surface area (Å²) in [6.45, 7) is 5.41. The Morgan fingerprint density at radius 2 is 1.92 bits per heavy atom. The average Bonchev–Trinajstić information content (AvgIpc) is 3.34. The minimum atomic E-state index is 0.719. The van der Waals surface area contributed by atoms with E-state index in [1.807, 2.05) is 30.3 Å². The smallest absolute Gasteiger partial charge is 0.191 e. The van der Waals surface area contributed by atoms with Gasteiger partial charge in [0.1, 0.15) is 5.01 Å². The van der Waals surface area contributed by atoms with Crippen molar-refractivity contribution in [2.45, 2.75) is 19.9 Å². The van der Waals surface area contributed by atoms with E-state index in [2.05, 4.69) is 57.0 Å². The Kier molecular flexibility index (Phi) is 6.84. The van der Waals surface area contributed by atoms with Gasteiger partial charge in [0, 0.05) is 55.9 Å². The van der Waals surface area contributed by atoms with E-state index < -0.39 is 0 Å². The van der Waals surface area contributed by atoms with E-state index in [-0.39, 0.29) is 0 Å². The summed E-state index contributed by atoms with van der Waals surface area (Å²) in [5.41, 5.74) is 2.27. The first-order chi connectivity index (χ1) is 12.8. The molecule has 136 valence electrons. The highest BCUT2D eigenvalue weighted by atomic mass is 32.1. The quantitative estimate of drug-likeness (QED) is 0.474. The molecule has 0 bridgehead atoms. The van der Waals surface area contributed by atoms with Crippen molar-refractivity contribution in [1.82, 2.24) is 20.2 Å². The van der Waals surface area contributed by atoms with E-state index in [4.69, 9.17) is 4.98 Å². The Hall–Kier alpha value is -2.60. The maximum absolute atomic E-state index is 4.72. The lowest BCUT2D eigenvalue weighted by Gasteiger charge is -2.11. The van der Waals surface area contributed by atoms with E-state index in [1.54, 1.807) is 11.3 Å². The highest BCUT2D eigenvalue weighted by Crippen LogP contribution is 2.23. The Labute approximate surface area is 158 Å². The van der Waals surface area contributed by atoms with Gasteiger partial charge >= 0.3 is 0 Å². The summed E-state index contributed by atoms with van der Waals surface area (Å²) in [5.74, 6) is 0.859. The van der Waals surface area contributed by atoms with Crippen molar-refractivity contribution >= 4 is 17.3 Å². The van der Waals surface area contributed by atoms with Crippen molar-refractivity contribution in [3.63, 3.8) is 0 Å². The highest BCUT2D eigenvalue weighted by Gasteiger charge is 2.04. The summed E-state index contributed by atoms with van der Waals surface area (Å²) in [4.78, 5) is 9.38. The second-order valence-electron chi connectivity index (χ2n) is 5.87. The van der Waals surface area contributed by atoms with Crippen molar-refractivity contribution in [3.05, 3.63) is 65.9 Å². The molecule has 0 atom stereocenters. The van der Waals surface area contributed by atoms with Crippen LogP contribution in [0.15, 0.2) is 65.2 Å². The summed E-state index contributed by atoms with van der Waals surface area (Å²) < 4.78 is 2.15. The van der Waals surface area contributed by atoms with Crippen LogP contribution >= 0.6 is 11.3 Å². The third-order valence-corrected chi connectivity index (χ3v) is 4.82. The molecule has 2 N–H and O–H groups in total. The SMILES string of the molecule is CCNC(=NCCc1csc(-c2ccccc2)n1)NCCn1cccc1. The van der Waals surface area contributed by atoms with E-state index in [0.29, 0.717) is 0 Å². The molecule has 2 aromatic heterocycles. The molecule has 0 aliphatic rings. The summed E-state index contributed by atoms with van der Waals surface area (Å²) in [6.07, 6.45) is 4.98. The van der Waals surface area contributed by atoms with Crippen molar-refractivity contribution < 1.29 is 0 Å². The van der Waals surface area contributed by atoms with Gasteiger partial charge in [0.15, 0.2) is 5.96 Å². The minimum Gasteiger partial charge on any atom is -0.357 e. The lowest BCUT2D eigenvalue weighted by molar-refractivity contribution is 0.665. The van der Waals surface area contributed by atoms with E-state index in [0.717, 1.165) is 49.3 Å². The van der Waals surface area contributed by atoms with Gasteiger partial charge in [-0.25, -0.2) is 4.98 Å². The number of benzene rings is 1. The number of aliphatic imine (C=N–C) groups is 1. The molecule has 3 aromatic rings. The van der Waals surface area contributed by atoms with E-state index in [1.165, 1.54) is 5.56 Å². The molecule has 26 heavy (non-hydrogen) atoms. The Morgan fingerprint density at radius 1 is 1.12 bits per heavy atom. The number of guanidine groups is 1. The molecule has 0 saturated carbocycles. The van der Waals surface area contributed by atoms with Gasteiger partial charge in [-0.3, -0.25) is 4.99 Å². The molecule has 0 aliphatic carbocycles. The van der Waals surface area contributed by atoms with Gasteiger partial charge in [-0.15, -0.1) is 11.3 Å². The summed E-state index contributed by atoms with van der Waals surface area (Å²) >= 11 is 1.69. The third kappa shape index (κ3) is 5.46. The molecule has 0 amide bonds. The average molecular weight is 368 g/mol. The lowest BCUT2D eigenvalue weighted by Crippen LogP contribution is -2.39. The molecule has 1 aromatic carbocycles. The normalized spacial score (nSPS) is 11.5. The fourth-order valence-corrected chi connectivity index (χ4v) is 3.44. The number of nitrogens with zero attached hydrogens (tertiary/aromatic N) is 3. The molecule has 0 fully saturated rings. The van der Waals surface area contributed by atoms with Crippen LogP contribution in [-0.2, 0) is 13.0 Å². The second kappa shape index (κ2) is 9.77. The van der Waals surface area contributed by atoms with Gasteiger partial charge in [0.25, 0.3) is 0 Å². The standard InChI is InChI=1S/C20H25N5S/c1-2-21-20(23-12-15-25-13-6-7-14-25)22-11-10-18-16-26-19(24-18)17-8-4-3-5-9-17/h3-9,13-14,16H,2,10-12,15H2,1H3,(H2,21,22,23). The number of thiazole rings is 1. The molecule has 0 unspecified atom stereocenters. The first kappa shape index (κ1) is 18.2. The molecular weight excluding hydrogens is 342 g/mol. The third-order valence-electron chi connectivity index (χ3n) is 3.88. The van der Waals surface area contributed by atoms with Crippen LogP contribution < -0.4 is 10.6 Å². The van der Waals surface area contributed by atoms with Crippen LogP contribution in [0, 0.1) is 0 Å². The predicted octanol–water partition coefficient (Wildman–Crippen LogP) is 3.41. The van der Waals surface area contributed by atoms with Crippen LogP contribution in [0.25, 0.3) is 10.6 Å². The summed E-state index contributed by atoms with van der Waals surface area (Å²) in [6, 6.07) is 14.4. The number of aromatic nitrogens is 2. The van der Waals surface area contributed by atoms with Gasteiger partial charge in [0.2, 0.25) is 0 Å². The fraction of sp³-hybridized carbons (Fsp3) is 0.300. The Balaban J connectivity index is 1.49. The van der Waals surface area contributed by atoms with Crippen molar-refractivity contribution in [1.29, 1.82) is 0 Å². The fourth-order valence-electron chi connectivity index (χ4n) is 2.58. The van der Waals surface area contributed by atoms with Crippen LogP contribution in [-0.4, -0.2) is 35.1 Å². The maximum atomic E-state index is 4.72. The zero-order valence-corrected chi connectivity index (χ0v) is 15.9. The number of hydrogen-bond acceptors (Lipinski definition) is 3. The van der Waals surface area contributed by atoms with Crippen LogP contribution in [0.1, 0.15) is 12.6 Å². The van der Waals surface area contributed by atoms with Crippen molar-refractivity contribution in [2.75, 3.05) is 19.6 Å². The maximum Gasteiger partial charge on any atom is 0.191 e. The Morgan fingerprint density at radius 3 is 2.69 bits per heavy atom. The van der Waals surface area contributed by atoms with E-state index >= 15 is 0 Å². The van der Waals surface area contributed by atoms with Gasteiger partial charge in [0.05, 0.1) is 5.69 Å². The summed E-state index contributed by atoms with van der Waals surface area (Å²) in [7, 11) is 0. The molecule has 6 heteroatoms. The molecule has 0 spiro atoms. The van der Waals surface area contributed by atoms with Crippen LogP contribution in [0.2, 0.25) is 0 Å². The Bertz CT molecular complexity index is 793. The second-order valence-corrected chi connectivity index (χ2v) is 6.73. The van der Waals surface area contributed by atoms with Crippen molar-refractivity contribution in [3.8, 4) is 10.6 Å². The molecule has 0 saturated heterocycles. The predicted molar refractivity (Wildman–Crippen MR) is 110 cm³/mol. The number of hydrogen-bond donors (Lipinski definition) is 2. The molecule has 5 nitrogen and oxygen atoms in total. The van der Waals surface area contributed by atoms with Gasteiger partial charge < -0.3 is 15.2 Å². The first-order valence-electron chi connectivity index (χ1n) is 8.98. The molecule has 2 heterocycles. The van der Waals surface area contributed by atoms with Gasteiger partial charge in [-0.05, 0) is 19.1 Å². The van der Waals surface area contributed by atoms with Gasteiger partial charge in [-0.1, -0.05) is 30.3 Å². The van der Waals surface area contributed by atoms with Gasteiger partial charge in [-0.2, -0.15) is 0 Å².